The maximum absolute atomic E-state index is 3.55. The number of fused-ring (bicyclic) bond motifs is 7. The number of thiophene rings is 2. The summed E-state index contributed by atoms with van der Waals surface area (Å²) in [5, 5.41) is 7.59. The molecule has 0 bridgehead atoms. The first-order valence-corrected chi connectivity index (χ1v) is 21.2. The Labute approximate surface area is 342 Å². The number of allylic oxidation sites excluding steroid dienone is 3. The topological polar surface area (TPSA) is 6.48 Å². The van der Waals surface area contributed by atoms with Crippen LogP contribution in [0.1, 0.15) is 19.8 Å². The first-order chi connectivity index (χ1) is 28.2. The van der Waals surface area contributed by atoms with Crippen molar-refractivity contribution in [3.8, 4) is 0 Å². The number of benzene rings is 8. The second-order valence-electron chi connectivity index (χ2n) is 14.0. The molecule has 0 aliphatic rings. The van der Waals surface area contributed by atoms with Crippen LogP contribution in [0.3, 0.4) is 0 Å². The molecule has 0 aliphatic heterocycles. The SMILES string of the molecule is C=C/C=C\CCC.c1ccc(N(c2ccccc2)c2ccc3sc4cccc(N(c5ccc6c(c5)sc5ccccc56)c5cccc6ccccc56)c4c3c2)cc1. The molecule has 0 amide bonds. The lowest BCUT2D eigenvalue weighted by atomic mass is 10.0. The molecule has 0 unspecified atom stereocenters. The van der Waals surface area contributed by atoms with Gasteiger partial charge in [0.05, 0.1) is 11.4 Å². The maximum atomic E-state index is 3.55. The summed E-state index contributed by atoms with van der Waals surface area (Å²) in [5.41, 5.74) is 6.89. The molecule has 0 radical (unpaired) electrons. The molecule has 57 heavy (non-hydrogen) atoms. The number of unbranched alkanes of at least 4 members (excludes halogenated alkanes) is 1. The van der Waals surface area contributed by atoms with E-state index in [4.69, 9.17) is 0 Å². The van der Waals surface area contributed by atoms with Crippen LogP contribution in [0.15, 0.2) is 207 Å². The summed E-state index contributed by atoms with van der Waals surface area (Å²) in [6.45, 7) is 5.71. The number of anilines is 6. The molecule has 0 saturated heterocycles. The Bertz CT molecular complexity index is 2970. The highest BCUT2D eigenvalue weighted by molar-refractivity contribution is 7.26. The molecule has 2 heterocycles. The highest BCUT2D eigenvalue weighted by atomic mass is 32.1. The minimum atomic E-state index is 1.13. The van der Waals surface area contributed by atoms with Gasteiger partial charge in [-0.25, -0.2) is 0 Å². The van der Waals surface area contributed by atoms with Crippen LogP contribution in [0, 0.1) is 0 Å². The number of hydrogen-bond donors (Lipinski definition) is 0. The largest absolute Gasteiger partial charge is 0.310 e. The Morgan fingerprint density at radius 2 is 1.04 bits per heavy atom. The third kappa shape index (κ3) is 7.10. The average Bonchev–Trinajstić information content (AvgIpc) is 3.83. The normalized spacial score (nSPS) is 11.4. The van der Waals surface area contributed by atoms with E-state index in [2.05, 4.69) is 211 Å². The van der Waals surface area contributed by atoms with E-state index in [-0.39, 0.29) is 0 Å². The van der Waals surface area contributed by atoms with Crippen molar-refractivity contribution in [3.05, 3.63) is 207 Å². The molecule has 2 nitrogen and oxygen atoms in total. The van der Waals surface area contributed by atoms with Crippen molar-refractivity contribution >= 4 is 108 Å². The van der Waals surface area contributed by atoms with E-state index in [0.29, 0.717) is 0 Å². The predicted octanol–water partition coefficient (Wildman–Crippen LogP) is 17.0. The summed E-state index contributed by atoms with van der Waals surface area (Å²) >= 11 is 3.73. The minimum absolute atomic E-state index is 1.13. The van der Waals surface area contributed by atoms with Gasteiger partial charge in [-0.1, -0.05) is 141 Å². The Hall–Kier alpha value is -6.46. The second kappa shape index (κ2) is 16.3. The molecular formula is C53H42N2S2. The summed E-state index contributed by atoms with van der Waals surface area (Å²) in [4.78, 5) is 4.84. The molecule has 2 aromatic heterocycles. The van der Waals surface area contributed by atoms with Crippen LogP contribution >= 0.6 is 22.7 Å². The molecule has 8 aromatic carbocycles. The molecule has 0 N–H and O–H groups in total. The second-order valence-corrected chi connectivity index (χ2v) is 16.2. The minimum Gasteiger partial charge on any atom is -0.310 e. The van der Waals surface area contributed by atoms with Gasteiger partial charge in [0.25, 0.3) is 0 Å². The highest BCUT2D eigenvalue weighted by Crippen LogP contribution is 2.49. The van der Waals surface area contributed by atoms with Crippen LogP contribution in [-0.4, -0.2) is 0 Å². The van der Waals surface area contributed by atoms with E-state index in [1.807, 2.05) is 28.7 Å². The summed E-state index contributed by atoms with van der Waals surface area (Å²) in [6, 6.07) is 66.1. The van der Waals surface area contributed by atoms with Crippen molar-refractivity contribution in [2.75, 3.05) is 9.80 Å². The fourth-order valence-electron chi connectivity index (χ4n) is 7.75. The standard InChI is InChI=1S/C46H30N2S2.C7H12/c1-3-15-32(16-4-1)47(33-17-5-2-6-18-33)34-26-28-43-39(29-34)46-41(22-12-24-44(46)49-43)48(40-21-11-14-31-13-7-8-19-36(31)40)35-25-27-38-37-20-9-10-23-42(37)50-45(38)30-35;1-3-5-7-6-4-2/h1-30H;3,5,7H,1,4,6H2,2H3/b;7-5-. The summed E-state index contributed by atoms with van der Waals surface area (Å²) in [6.07, 6.45) is 8.29. The molecule has 0 atom stereocenters. The maximum Gasteiger partial charge on any atom is 0.0555 e. The van der Waals surface area contributed by atoms with Gasteiger partial charge in [0.15, 0.2) is 0 Å². The van der Waals surface area contributed by atoms with Crippen molar-refractivity contribution in [3.63, 3.8) is 0 Å². The van der Waals surface area contributed by atoms with Crippen molar-refractivity contribution < 1.29 is 0 Å². The zero-order chi connectivity index (χ0) is 38.6. The Morgan fingerprint density at radius 1 is 0.456 bits per heavy atom. The van der Waals surface area contributed by atoms with Gasteiger partial charge in [-0.2, -0.15) is 0 Å². The molecule has 0 saturated carbocycles. The Balaban J connectivity index is 0.000000556. The number of hydrogen-bond acceptors (Lipinski definition) is 4. The van der Waals surface area contributed by atoms with Gasteiger partial charge in [-0.3, -0.25) is 0 Å². The smallest absolute Gasteiger partial charge is 0.0555 e. The summed E-state index contributed by atoms with van der Waals surface area (Å²) < 4.78 is 5.15. The lowest BCUT2D eigenvalue weighted by Crippen LogP contribution is -2.11. The fraction of sp³-hybridized carbons (Fsp3) is 0.0566. The van der Waals surface area contributed by atoms with Crippen LogP contribution in [0.5, 0.6) is 0 Å². The van der Waals surface area contributed by atoms with Gasteiger partial charge in [0, 0.05) is 68.5 Å². The first kappa shape index (κ1) is 36.2. The van der Waals surface area contributed by atoms with Crippen LogP contribution in [0.2, 0.25) is 0 Å². The third-order valence-corrected chi connectivity index (χ3v) is 12.6. The Morgan fingerprint density at radius 3 is 1.81 bits per heavy atom. The molecular weight excluding hydrogens is 729 g/mol. The molecule has 0 aliphatic carbocycles. The van der Waals surface area contributed by atoms with E-state index >= 15 is 0 Å². The first-order valence-electron chi connectivity index (χ1n) is 19.5. The van der Waals surface area contributed by atoms with E-state index in [0.717, 1.165) is 22.7 Å². The molecule has 0 spiro atoms. The van der Waals surface area contributed by atoms with Crippen LogP contribution in [-0.2, 0) is 0 Å². The van der Waals surface area contributed by atoms with Crippen molar-refractivity contribution in [1.82, 2.24) is 0 Å². The third-order valence-electron chi connectivity index (χ3n) is 10.3. The van der Waals surface area contributed by atoms with Crippen molar-refractivity contribution in [2.24, 2.45) is 0 Å². The number of rotatable bonds is 9. The van der Waals surface area contributed by atoms with Crippen LogP contribution in [0.25, 0.3) is 51.1 Å². The molecule has 10 aromatic rings. The van der Waals surface area contributed by atoms with E-state index in [1.54, 1.807) is 6.08 Å². The zero-order valence-electron chi connectivity index (χ0n) is 31.9. The molecule has 0 fully saturated rings. The lowest BCUT2D eigenvalue weighted by molar-refractivity contribution is 0.959. The highest BCUT2D eigenvalue weighted by Gasteiger charge is 2.22. The van der Waals surface area contributed by atoms with Crippen molar-refractivity contribution in [1.29, 1.82) is 0 Å². The van der Waals surface area contributed by atoms with E-state index in [1.165, 1.54) is 75.3 Å². The summed E-state index contributed by atoms with van der Waals surface area (Å²) in [5.74, 6) is 0. The van der Waals surface area contributed by atoms with Gasteiger partial charge in [0.2, 0.25) is 0 Å². The van der Waals surface area contributed by atoms with Gasteiger partial charge in [-0.15, -0.1) is 22.7 Å². The summed E-state index contributed by atoms with van der Waals surface area (Å²) in [7, 11) is 0. The average molecular weight is 771 g/mol. The van der Waals surface area contributed by atoms with Crippen LogP contribution < -0.4 is 9.80 Å². The van der Waals surface area contributed by atoms with Gasteiger partial charge in [-0.05, 0) is 90.7 Å². The quantitative estimate of drug-likeness (QED) is 0.135. The van der Waals surface area contributed by atoms with Gasteiger partial charge >= 0.3 is 0 Å². The molecule has 276 valence electrons. The lowest BCUT2D eigenvalue weighted by Gasteiger charge is -2.28. The predicted molar refractivity (Wildman–Crippen MR) is 253 cm³/mol. The molecule has 4 heteroatoms. The van der Waals surface area contributed by atoms with E-state index < -0.39 is 0 Å². The Kier molecular flexibility index (Phi) is 10.4. The van der Waals surface area contributed by atoms with Crippen LogP contribution in [0.4, 0.5) is 34.1 Å². The van der Waals surface area contributed by atoms with Gasteiger partial charge < -0.3 is 9.80 Å². The van der Waals surface area contributed by atoms with Gasteiger partial charge in [0.1, 0.15) is 0 Å². The zero-order valence-corrected chi connectivity index (χ0v) is 33.5. The molecule has 10 rings (SSSR count). The van der Waals surface area contributed by atoms with Crippen molar-refractivity contribution in [2.45, 2.75) is 19.8 Å². The number of nitrogens with zero attached hydrogens (tertiary/aromatic N) is 2. The number of para-hydroxylation sites is 2. The van der Waals surface area contributed by atoms with E-state index in [9.17, 15) is 0 Å². The fourth-order valence-corrected chi connectivity index (χ4v) is 9.99. The monoisotopic (exact) mass is 770 g/mol.